The monoisotopic (exact) mass is 277 g/mol. The summed E-state index contributed by atoms with van der Waals surface area (Å²) in [6.07, 6.45) is 5.42. The van der Waals surface area contributed by atoms with E-state index in [1.807, 2.05) is 30.5 Å². The van der Waals surface area contributed by atoms with Gasteiger partial charge in [0.05, 0.1) is 23.1 Å². The van der Waals surface area contributed by atoms with Gasteiger partial charge in [0.15, 0.2) is 0 Å². The molecule has 0 aliphatic rings. The van der Waals surface area contributed by atoms with E-state index >= 15 is 0 Å². The third-order valence-electron chi connectivity index (χ3n) is 3.25. The van der Waals surface area contributed by atoms with Crippen molar-refractivity contribution in [2.24, 2.45) is 0 Å². The molecule has 0 aliphatic heterocycles. The van der Waals surface area contributed by atoms with Gasteiger partial charge in [0.2, 0.25) is 11.7 Å². The maximum absolute atomic E-state index is 5.01. The summed E-state index contributed by atoms with van der Waals surface area (Å²) in [4.78, 5) is 16.2. The molecular formula is C15H11N5O. The Bertz CT molecular complexity index is 924. The van der Waals surface area contributed by atoms with E-state index in [9.17, 15) is 0 Å². The number of nitrogens with zero attached hydrogens (tertiary/aromatic N) is 4. The molecule has 102 valence electrons. The second-order valence-corrected chi connectivity index (χ2v) is 4.70. The Labute approximate surface area is 119 Å². The third-order valence-corrected chi connectivity index (χ3v) is 3.25. The maximum atomic E-state index is 5.01. The van der Waals surface area contributed by atoms with Crippen LogP contribution in [0.3, 0.4) is 0 Å². The topological polar surface area (TPSA) is 80.5 Å². The van der Waals surface area contributed by atoms with Crippen LogP contribution in [0.2, 0.25) is 0 Å². The second kappa shape index (κ2) is 4.52. The lowest BCUT2D eigenvalue weighted by Crippen LogP contribution is -1.89. The molecule has 0 aromatic carbocycles. The van der Waals surface area contributed by atoms with Crippen LogP contribution >= 0.6 is 0 Å². The Kier molecular flexibility index (Phi) is 2.53. The first kappa shape index (κ1) is 11.8. The highest BCUT2D eigenvalue weighted by molar-refractivity contribution is 5.82. The van der Waals surface area contributed by atoms with Crippen molar-refractivity contribution in [1.29, 1.82) is 0 Å². The lowest BCUT2D eigenvalue weighted by Gasteiger charge is -2.02. The van der Waals surface area contributed by atoms with Gasteiger partial charge in [-0.25, -0.2) is 0 Å². The molecule has 0 amide bonds. The molecule has 4 rings (SSSR count). The van der Waals surface area contributed by atoms with Gasteiger partial charge < -0.3 is 9.51 Å². The summed E-state index contributed by atoms with van der Waals surface area (Å²) in [5.41, 5.74) is 3.44. The van der Waals surface area contributed by atoms with E-state index in [1.165, 1.54) is 0 Å². The normalized spacial score (nSPS) is 11.1. The lowest BCUT2D eigenvalue weighted by molar-refractivity contribution is 0.394. The Hall–Kier alpha value is -3.02. The molecule has 0 fully saturated rings. The fraction of sp³-hybridized carbons (Fsp3) is 0.0667. The molecule has 6 heteroatoms. The summed E-state index contributed by atoms with van der Waals surface area (Å²) < 4.78 is 5.01. The lowest BCUT2D eigenvalue weighted by atomic mass is 10.1. The number of pyridine rings is 2. The zero-order valence-corrected chi connectivity index (χ0v) is 11.2. The van der Waals surface area contributed by atoms with Crippen molar-refractivity contribution in [3.63, 3.8) is 0 Å². The van der Waals surface area contributed by atoms with E-state index in [-0.39, 0.29) is 0 Å². The molecule has 0 saturated carbocycles. The molecule has 0 radical (unpaired) electrons. The molecule has 0 unspecified atom stereocenters. The van der Waals surface area contributed by atoms with Crippen molar-refractivity contribution in [3.8, 4) is 22.8 Å². The highest BCUT2D eigenvalue weighted by atomic mass is 16.5. The van der Waals surface area contributed by atoms with Crippen LogP contribution in [0, 0.1) is 6.92 Å². The van der Waals surface area contributed by atoms with Crippen LogP contribution in [-0.2, 0) is 0 Å². The van der Waals surface area contributed by atoms with Gasteiger partial charge in [-0.3, -0.25) is 9.97 Å². The van der Waals surface area contributed by atoms with Crippen molar-refractivity contribution in [2.45, 2.75) is 6.92 Å². The van der Waals surface area contributed by atoms with Crippen LogP contribution in [-0.4, -0.2) is 25.1 Å². The van der Waals surface area contributed by atoms with Gasteiger partial charge in [0, 0.05) is 30.3 Å². The number of aromatic amines is 1. The van der Waals surface area contributed by atoms with Crippen LogP contribution in [0.25, 0.3) is 33.7 Å². The standard InChI is InChI=1S/C15H11N5O/c1-9-19-15(20-21-9)11-3-5-16-12(7-11)13-6-10-2-4-17-14(10)8-18-13/h2-8,17H,1H3. The molecule has 1 N–H and O–H groups in total. The third kappa shape index (κ3) is 2.06. The number of hydrogen-bond acceptors (Lipinski definition) is 5. The van der Waals surface area contributed by atoms with Crippen LogP contribution in [0.5, 0.6) is 0 Å². The summed E-state index contributed by atoms with van der Waals surface area (Å²) in [7, 11) is 0. The van der Waals surface area contributed by atoms with Gasteiger partial charge in [-0.15, -0.1) is 0 Å². The molecule has 0 bridgehead atoms. The summed E-state index contributed by atoms with van der Waals surface area (Å²) in [6, 6.07) is 7.76. The minimum atomic E-state index is 0.537. The molecule has 0 spiro atoms. The van der Waals surface area contributed by atoms with E-state index in [2.05, 4.69) is 25.1 Å². The van der Waals surface area contributed by atoms with E-state index in [4.69, 9.17) is 4.52 Å². The predicted molar refractivity (Wildman–Crippen MR) is 77.4 cm³/mol. The van der Waals surface area contributed by atoms with E-state index in [0.29, 0.717) is 11.7 Å². The summed E-state index contributed by atoms with van der Waals surface area (Å²) in [5.74, 6) is 1.09. The molecule has 6 nitrogen and oxygen atoms in total. The number of hydrogen-bond donors (Lipinski definition) is 1. The Morgan fingerprint density at radius 3 is 2.86 bits per heavy atom. The van der Waals surface area contributed by atoms with Crippen molar-refractivity contribution in [3.05, 3.63) is 48.7 Å². The van der Waals surface area contributed by atoms with E-state index < -0.39 is 0 Å². The second-order valence-electron chi connectivity index (χ2n) is 4.70. The fourth-order valence-electron chi connectivity index (χ4n) is 2.22. The molecule has 0 aliphatic carbocycles. The number of H-pyrrole nitrogens is 1. The van der Waals surface area contributed by atoms with Gasteiger partial charge >= 0.3 is 0 Å². The molecule has 4 aromatic heterocycles. The minimum Gasteiger partial charge on any atom is -0.360 e. The summed E-state index contributed by atoms with van der Waals surface area (Å²) in [6.45, 7) is 1.76. The Morgan fingerprint density at radius 2 is 2.00 bits per heavy atom. The number of fused-ring (bicyclic) bond motifs is 1. The van der Waals surface area contributed by atoms with Crippen LogP contribution in [0.4, 0.5) is 0 Å². The van der Waals surface area contributed by atoms with Gasteiger partial charge in [0.25, 0.3) is 0 Å². The van der Waals surface area contributed by atoms with Crippen molar-refractivity contribution < 1.29 is 4.52 Å². The van der Waals surface area contributed by atoms with Crippen molar-refractivity contribution in [1.82, 2.24) is 25.1 Å². The van der Waals surface area contributed by atoms with Crippen LogP contribution < -0.4 is 0 Å². The average Bonchev–Trinajstić information content (AvgIpc) is 3.15. The number of rotatable bonds is 2. The predicted octanol–water partition coefficient (Wildman–Crippen LogP) is 2.98. The average molecular weight is 277 g/mol. The molecular weight excluding hydrogens is 266 g/mol. The zero-order valence-electron chi connectivity index (χ0n) is 11.2. The highest BCUT2D eigenvalue weighted by Crippen LogP contribution is 2.23. The van der Waals surface area contributed by atoms with E-state index in [1.54, 1.807) is 19.3 Å². The number of aromatic nitrogens is 5. The van der Waals surface area contributed by atoms with Crippen molar-refractivity contribution in [2.75, 3.05) is 0 Å². The maximum Gasteiger partial charge on any atom is 0.223 e. The Morgan fingerprint density at radius 1 is 1.10 bits per heavy atom. The molecule has 4 aromatic rings. The number of aryl methyl sites for hydroxylation is 1. The molecule has 21 heavy (non-hydrogen) atoms. The summed E-state index contributed by atoms with van der Waals surface area (Å²) >= 11 is 0. The minimum absolute atomic E-state index is 0.537. The molecule has 0 saturated heterocycles. The Balaban J connectivity index is 1.81. The first-order chi connectivity index (χ1) is 10.3. The SMILES string of the molecule is Cc1nc(-c2ccnc(-c3cc4cc[nH]c4cn3)c2)no1. The fourth-order valence-corrected chi connectivity index (χ4v) is 2.22. The largest absolute Gasteiger partial charge is 0.360 e. The zero-order chi connectivity index (χ0) is 14.2. The summed E-state index contributed by atoms with van der Waals surface area (Å²) in [5, 5.41) is 5.02. The van der Waals surface area contributed by atoms with Gasteiger partial charge in [-0.1, -0.05) is 5.16 Å². The van der Waals surface area contributed by atoms with Crippen LogP contribution in [0.15, 0.2) is 47.4 Å². The quantitative estimate of drug-likeness (QED) is 0.609. The first-order valence-corrected chi connectivity index (χ1v) is 6.50. The first-order valence-electron chi connectivity index (χ1n) is 6.50. The molecule has 4 heterocycles. The highest BCUT2D eigenvalue weighted by Gasteiger charge is 2.09. The van der Waals surface area contributed by atoms with E-state index in [0.717, 1.165) is 27.9 Å². The van der Waals surface area contributed by atoms with Gasteiger partial charge in [-0.2, -0.15) is 4.98 Å². The van der Waals surface area contributed by atoms with Gasteiger partial charge in [0.1, 0.15) is 0 Å². The number of nitrogens with one attached hydrogen (secondary N) is 1. The molecule has 0 atom stereocenters. The smallest absolute Gasteiger partial charge is 0.223 e. The van der Waals surface area contributed by atoms with Crippen molar-refractivity contribution >= 4 is 10.9 Å². The van der Waals surface area contributed by atoms with Crippen LogP contribution in [0.1, 0.15) is 5.89 Å². The van der Waals surface area contributed by atoms with Gasteiger partial charge in [-0.05, 0) is 24.3 Å².